The molecule has 1 aromatic carbocycles. The van der Waals surface area contributed by atoms with E-state index in [1.165, 1.54) is 6.07 Å². The van der Waals surface area contributed by atoms with Gasteiger partial charge in [0.15, 0.2) is 11.6 Å². The van der Waals surface area contributed by atoms with Crippen LogP contribution in [0.15, 0.2) is 18.2 Å². The van der Waals surface area contributed by atoms with E-state index in [2.05, 4.69) is 0 Å². The van der Waals surface area contributed by atoms with Gasteiger partial charge in [-0.15, -0.1) is 0 Å². The number of hydrogen-bond donors (Lipinski definition) is 1. The van der Waals surface area contributed by atoms with E-state index in [0.717, 1.165) is 6.07 Å². The van der Waals surface area contributed by atoms with Crippen molar-refractivity contribution in [2.24, 2.45) is 5.92 Å². The summed E-state index contributed by atoms with van der Waals surface area (Å²) in [6.45, 7) is 5.29. The minimum atomic E-state index is -0.817. The van der Waals surface area contributed by atoms with Crippen LogP contribution in [0.5, 0.6) is 0 Å². The van der Waals surface area contributed by atoms with Gasteiger partial charge in [-0.2, -0.15) is 0 Å². The van der Waals surface area contributed by atoms with Gasteiger partial charge in [-0.3, -0.25) is 4.90 Å². The molecule has 0 aromatic heterocycles. The fourth-order valence-corrected chi connectivity index (χ4v) is 2.12. The van der Waals surface area contributed by atoms with Crippen molar-refractivity contribution < 1.29 is 13.9 Å². The molecule has 0 atom stereocenters. The summed E-state index contributed by atoms with van der Waals surface area (Å²) < 4.78 is 26.4. The van der Waals surface area contributed by atoms with Crippen LogP contribution in [0.4, 0.5) is 8.78 Å². The van der Waals surface area contributed by atoms with Crippen molar-refractivity contribution in [3.05, 3.63) is 35.4 Å². The summed E-state index contributed by atoms with van der Waals surface area (Å²) in [4.78, 5) is 1.91. The molecule has 2 nitrogen and oxygen atoms in total. The highest BCUT2D eigenvalue weighted by Gasteiger charge is 2.43. The molecule has 0 amide bonds. The quantitative estimate of drug-likeness (QED) is 0.876. The van der Waals surface area contributed by atoms with Crippen LogP contribution in [0.1, 0.15) is 19.4 Å². The van der Waals surface area contributed by atoms with Crippen molar-refractivity contribution in [2.45, 2.75) is 26.0 Å². The van der Waals surface area contributed by atoms with E-state index < -0.39 is 17.2 Å². The zero-order valence-electron chi connectivity index (χ0n) is 10.1. The SMILES string of the molecule is CC(C)C1(O)CN(Cc2cccc(F)c2F)C1. The molecule has 94 valence electrons. The van der Waals surface area contributed by atoms with Crippen LogP contribution in [0.2, 0.25) is 0 Å². The van der Waals surface area contributed by atoms with Gasteiger partial charge in [0, 0.05) is 25.2 Å². The van der Waals surface area contributed by atoms with Crippen molar-refractivity contribution in [2.75, 3.05) is 13.1 Å². The molecule has 0 saturated carbocycles. The largest absolute Gasteiger partial charge is 0.387 e. The van der Waals surface area contributed by atoms with Crippen LogP contribution in [-0.2, 0) is 6.54 Å². The number of β-amino-alcohol motifs (C(OH)–C–C–N with tert-alkyl or cyclic N) is 1. The van der Waals surface area contributed by atoms with E-state index in [4.69, 9.17) is 0 Å². The molecule has 1 saturated heterocycles. The van der Waals surface area contributed by atoms with Crippen molar-refractivity contribution in [3.63, 3.8) is 0 Å². The second-order valence-corrected chi connectivity index (χ2v) is 5.12. The Bertz CT molecular complexity index is 414. The topological polar surface area (TPSA) is 23.5 Å². The van der Waals surface area contributed by atoms with Gasteiger partial charge >= 0.3 is 0 Å². The lowest BCUT2D eigenvalue weighted by Gasteiger charge is -2.49. The van der Waals surface area contributed by atoms with E-state index in [0.29, 0.717) is 25.2 Å². The molecule has 1 aromatic rings. The molecular formula is C13H17F2NO. The number of aliphatic hydroxyl groups is 1. The van der Waals surface area contributed by atoms with Crippen molar-refractivity contribution >= 4 is 0 Å². The third-order valence-corrected chi connectivity index (χ3v) is 3.50. The molecule has 1 heterocycles. The van der Waals surface area contributed by atoms with Crippen molar-refractivity contribution in [1.82, 2.24) is 4.90 Å². The Labute approximate surface area is 99.9 Å². The smallest absolute Gasteiger partial charge is 0.163 e. The Hall–Kier alpha value is -1.00. The highest BCUT2D eigenvalue weighted by Crippen LogP contribution is 2.30. The highest BCUT2D eigenvalue weighted by atomic mass is 19.2. The lowest BCUT2D eigenvalue weighted by molar-refractivity contribution is -0.131. The molecule has 1 N–H and O–H groups in total. The van der Waals surface area contributed by atoms with Crippen LogP contribution in [0.3, 0.4) is 0 Å². The summed E-state index contributed by atoms with van der Waals surface area (Å²) in [6.07, 6.45) is 0. The fourth-order valence-electron chi connectivity index (χ4n) is 2.12. The summed E-state index contributed by atoms with van der Waals surface area (Å²) in [5, 5.41) is 10.1. The fraction of sp³-hybridized carbons (Fsp3) is 0.538. The third kappa shape index (κ3) is 2.33. The normalized spacial score (nSPS) is 19.4. The first kappa shape index (κ1) is 12.5. The number of likely N-dealkylation sites (tertiary alicyclic amines) is 1. The predicted octanol–water partition coefficient (Wildman–Crippen LogP) is 2.17. The Kier molecular flexibility index (Phi) is 3.19. The van der Waals surface area contributed by atoms with Gasteiger partial charge in [0.05, 0.1) is 5.60 Å². The molecule has 0 radical (unpaired) electrons. The lowest BCUT2D eigenvalue weighted by atomic mass is 9.83. The minimum Gasteiger partial charge on any atom is -0.387 e. The zero-order chi connectivity index (χ0) is 12.6. The maximum atomic E-state index is 13.4. The highest BCUT2D eigenvalue weighted by molar-refractivity contribution is 5.19. The van der Waals surface area contributed by atoms with Crippen LogP contribution in [-0.4, -0.2) is 28.7 Å². The van der Waals surface area contributed by atoms with Gasteiger partial charge in [0.25, 0.3) is 0 Å². The van der Waals surface area contributed by atoms with Gasteiger partial charge in [-0.05, 0) is 12.0 Å². The molecule has 4 heteroatoms. The Morgan fingerprint density at radius 1 is 1.35 bits per heavy atom. The lowest BCUT2D eigenvalue weighted by Crippen LogP contribution is -2.63. The maximum Gasteiger partial charge on any atom is 0.163 e. The standard InChI is InChI=1S/C13H17F2NO/c1-9(2)13(17)7-16(8-13)6-10-4-3-5-11(14)12(10)15/h3-5,9,17H,6-8H2,1-2H3. The molecule has 0 spiro atoms. The number of rotatable bonds is 3. The molecule has 1 fully saturated rings. The van der Waals surface area contributed by atoms with E-state index in [1.807, 2.05) is 18.7 Å². The molecule has 17 heavy (non-hydrogen) atoms. The molecule has 1 aliphatic heterocycles. The maximum absolute atomic E-state index is 13.4. The van der Waals surface area contributed by atoms with E-state index in [1.54, 1.807) is 6.07 Å². The number of nitrogens with zero attached hydrogens (tertiary/aromatic N) is 1. The van der Waals surface area contributed by atoms with E-state index in [9.17, 15) is 13.9 Å². The van der Waals surface area contributed by atoms with Gasteiger partial charge in [-0.1, -0.05) is 26.0 Å². The van der Waals surface area contributed by atoms with E-state index >= 15 is 0 Å². The van der Waals surface area contributed by atoms with Gasteiger partial charge < -0.3 is 5.11 Å². The monoisotopic (exact) mass is 241 g/mol. The zero-order valence-corrected chi connectivity index (χ0v) is 10.1. The average molecular weight is 241 g/mol. The molecule has 0 unspecified atom stereocenters. The van der Waals surface area contributed by atoms with Crippen LogP contribution in [0.25, 0.3) is 0 Å². The molecule has 2 rings (SSSR count). The summed E-state index contributed by atoms with van der Waals surface area (Å²) in [5.41, 5.74) is -0.333. The summed E-state index contributed by atoms with van der Waals surface area (Å²) in [7, 11) is 0. The first-order valence-corrected chi connectivity index (χ1v) is 5.80. The summed E-state index contributed by atoms with van der Waals surface area (Å²) >= 11 is 0. The van der Waals surface area contributed by atoms with Crippen LogP contribution in [0, 0.1) is 17.6 Å². The summed E-state index contributed by atoms with van der Waals surface area (Å²) in [6, 6.07) is 4.19. The Morgan fingerprint density at radius 3 is 2.59 bits per heavy atom. The van der Waals surface area contributed by atoms with Gasteiger partial charge in [0.2, 0.25) is 0 Å². The van der Waals surface area contributed by atoms with Crippen LogP contribution < -0.4 is 0 Å². The van der Waals surface area contributed by atoms with Gasteiger partial charge in [-0.25, -0.2) is 8.78 Å². The third-order valence-electron chi connectivity index (χ3n) is 3.50. The second kappa shape index (κ2) is 4.35. The minimum absolute atomic E-state index is 0.177. The number of benzene rings is 1. The molecule has 0 bridgehead atoms. The van der Waals surface area contributed by atoms with Crippen molar-refractivity contribution in [3.8, 4) is 0 Å². The number of hydrogen-bond acceptors (Lipinski definition) is 2. The Balaban J connectivity index is 1.99. The first-order chi connectivity index (χ1) is 7.92. The van der Waals surface area contributed by atoms with Crippen molar-refractivity contribution in [1.29, 1.82) is 0 Å². The van der Waals surface area contributed by atoms with Crippen LogP contribution >= 0.6 is 0 Å². The summed E-state index contributed by atoms with van der Waals surface area (Å²) in [5.74, 6) is -1.43. The Morgan fingerprint density at radius 2 is 2.00 bits per heavy atom. The molecule has 0 aliphatic carbocycles. The number of halogens is 2. The predicted molar refractivity (Wildman–Crippen MR) is 61.4 cm³/mol. The van der Waals surface area contributed by atoms with E-state index in [-0.39, 0.29) is 5.92 Å². The van der Waals surface area contributed by atoms with Gasteiger partial charge in [0.1, 0.15) is 0 Å². The molecule has 1 aliphatic rings. The second-order valence-electron chi connectivity index (χ2n) is 5.12. The first-order valence-electron chi connectivity index (χ1n) is 5.80. The average Bonchev–Trinajstić information content (AvgIpc) is 2.22. The molecular weight excluding hydrogens is 224 g/mol.